The maximum Gasteiger partial charge on any atom is 0.195 e. The molecule has 3 rings (SSSR count). The highest BCUT2D eigenvalue weighted by Gasteiger charge is 2.16. The van der Waals surface area contributed by atoms with Crippen LogP contribution < -0.4 is 0 Å². The third-order valence-electron chi connectivity index (χ3n) is 3.29. The van der Waals surface area contributed by atoms with Gasteiger partial charge in [-0.15, -0.1) is 0 Å². The Balaban J connectivity index is 2.21. The van der Waals surface area contributed by atoms with Gasteiger partial charge < -0.3 is 0 Å². The molecule has 21 heavy (non-hydrogen) atoms. The molecular formula is C17H9Br2ClO. The van der Waals surface area contributed by atoms with E-state index in [0.29, 0.717) is 16.1 Å². The number of carbonyl (C=O) groups is 1. The van der Waals surface area contributed by atoms with Crippen molar-refractivity contribution < 1.29 is 4.79 Å². The van der Waals surface area contributed by atoms with Crippen LogP contribution in [0.1, 0.15) is 15.9 Å². The first kappa shape index (κ1) is 14.8. The van der Waals surface area contributed by atoms with E-state index in [4.69, 9.17) is 11.6 Å². The Morgan fingerprint density at radius 1 is 0.857 bits per heavy atom. The van der Waals surface area contributed by atoms with Crippen molar-refractivity contribution in [3.05, 3.63) is 79.7 Å². The van der Waals surface area contributed by atoms with Crippen LogP contribution in [0.2, 0.25) is 5.02 Å². The number of fused-ring (bicyclic) bond motifs is 1. The molecule has 0 heterocycles. The van der Waals surface area contributed by atoms with E-state index in [1.54, 1.807) is 12.1 Å². The predicted octanol–water partition coefficient (Wildman–Crippen LogP) is 6.25. The van der Waals surface area contributed by atoms with E-state index in [1.807, 2.05) is 42.5 Å². The molecule has 3 aromatic rings. The second-order valence-electron chi connectivity index (χ2n) is 4.59. The summed E-state index contributed by atoms with van der Waals surface area (Å²) in [7, 11) is 0. The van der Waals surface area contributed by atoms with Crippen molar-refractivity contribution in [2.24, 2.45) is 0 Å². The maximum atomic E-state index is 12.8. The lowest BCUT2D eigenvalue weighted by atomic mass is 9.97. The zero-order chi connectivity index (χ0) is 15.0. The Hall–Kier alpha value is -1.16. The van der Waals surface area contributed by atoms with Gasteiger partial charge >= 0.3 is 0 Å². The topological polar surface area (TPSA) is 17.1 Å². The Kier molecular flexibility index (Phi) is 4.16. The number of rotatable bonds is 2. The molecule has 0 unspecified atom stereocenters. The molecule has 0 saturated carbocycles. The van der Waals surface area contributed by atoms with Crippen molar-refractivity contribution in [1.82, 2.24) is 0 Å². The highest BCUT2D eigenvalue weighted by Crippen LogP contribution is 2.30. The highest BCUT2D eigenvalue weighted by atomic mass is 79.9. The van der Waals surface area contributed by atoms with Gasteiger partial charge in [-0.2, -0.15) is 0 Å². The molecule has 0 aliphatic carbocycles. The molecule has 104 valence electrons. The molecule has 0 aliphatic rings. The zero-order valence-electron chi connectivity index (χ0n) is 10.7. The van der Waals surface area contributed by atoms with Gasteiger partial charge in [0, 0.05) is 20.1 Å². The standard InChI is InChI=1S/C17H9Br2ClO/c18-10-5-6-14(16(20)9-10)17(21)13-7-8-15(19)12-4-2-1-3-11(12)13/h1-9H. The number of hydrogen-bond acceptors (Lipinski definition) is 1. The molecule has 4 heteroatoms. The average molecular weight is 425 g/mol. The van der Waals surface area contributed by atoms with Crippen molar-refractivity contribution in [1.29, 1.82) is 0 Å². The Labute approximate surface area is 144 Å². The minimum absolute atomic E-state index is 0.0730. The number of halogens is 3. The van der Waals surface area contributed by atoms with Crippen LogP contribution in [0.4, 0.5) is 0 Å². The minimum atomic E-state index is -0.0730. The van der Waals surface area contributed by atoms with Gasteiger partial charge in [-0.1, -0.05) is 67.7 Å². The molecule has 1 nitrogen and oxygen atoms in total. The summed E-state index contributed by atoms with van der Waals surface area (Å²) in [5.41, 5.74) is 1.16. The summed E-state index contributed by atoms with van der Waals surface area (Å²) in [5, 5.41) is 2.37. The zero-order valence-corrected chi connectivity index (χ0v) is 14.7. The van der Waals surface area contributed by atoms with E-state index in [9.17, 15) is 4.79 Å². The molecule has 0 N–H and O–H groups in total. The van der Waals surface area contributed by atoms with Crippen LogP contribution in [0.5, 0.6) is 0 Å². The average Bonchev–Trinajstić information content (AvgIpc) is 2.47. The fourth-order valence-corrected chi connectivity index (χ4v) is 3.52. The van der Waals surface area contributed by atoms with E-state index >= 15 is 0 Å². The number of hydrogen-bond donors (Lipinski definition) is 0. The largest absolute Gasteiger partial charge is 0.289 e. The van der Waals surface area contributed by atoms with Crippen LogP contribution in [-0.4, -0.2) is 5.78 Å². The van der Waals surface area contributed by atoms with Crippen LogP contribution in [0.25, 0.3) is 10.8 Å². The minimum Gasteiger partial charge on any atom is -0.289 e. The normalized spacial score (nSPS) is 10.8. The summed E-state index contributed by atoms with van der Waals surface area (Å²) in [5.74, 6) is -0.0730. The molecule has 0 bridgehead atoms. The Bertz CT molecular complexity index is 859. The number of carbonyl (C=O) groups excluding carboxylic acids is 1. The number of benzene rings is 3. The fraction of sp³-hybridized carbons (Fsp3) is 0. The molecule has 0 atom stereocenters. The van der Waals surface area contributed by atoms with Gasteiger partial charge in [-0.05, 0) is 41.1 Å². The van der Waals surface area contributed by atoms with Gasteiger partial charge in [-0.25, -0.2) is 0 Å². The highest BCUT2D eigenvalue weighted by molar-refractivity contribution is 9.11. The summed E-state index contributed by atoms with van der Waals surface area (Å²) in [6.45, 7) is 0. The molecule has 0 radical (unpaired) electrons. The molecule has 0 spiro atoms. The van der Waals surface area contributed by atoms with Gasteiger partial charge in [-0.3, -0.25) is 4.79 Å². The smallest absolute Gasteiger partial charge is 0.195 e. The third kappa shape index (κ3) is 2.78. The second-order valence-corrected chi connectivity index (χ2v) is 6.77. The second kappa shape index (κ2) is 5.91. The first-order valence-corrected chi connectivity index (χ1v) is 8.21. The lowest BCUT2D eigenvalue weighted by Gasteiger charge is -2.09. The summed E-state index contributed by atoms with van der Waals surface area (Å²) in [4.78, 5) is 12.8. The predicted molar refractivity (Wildman–Crippen MR) is 94.2 cm³/mol. The molecular weight excluding hydrogens is 415 g/mol. The van der Waals surface area contributed by atoms with Crippen LogP contribution in [0.15, 0.2) is 63.5 Å². The summed E-state index contributed by atoms with van der Waals surface area (Å²) < 4.78 is 1.82. The first-order valence-electron chi connectivity index (χ1n) is 6.25. The summed E-state index contributed by atoms with van der Waals surface area (Å²) >= 11 is 13.1. The lowest BCUT2D eigenvalue weighted by molar-refractivity contribution is 0.104. The van der Waals surface area contributed by atoms with Crippen LogP contribution in [0.3, 0.4) is 0 Å². The van der Waals surface area contributed by atoms with Crippen molar-refractivity contribution in [2.75, 3.05) is 0 Å². The van der Waals surface area contributed by atoms with Crippen LogP contribution in [0, 0.1) is 0 Å². The van der Waals surface area contributed by atoms with Crippen LogP contribution in [-0.2, 0) is 0 Å². The summed E-state index contributed by atoms with van der Waals surface area (Å²) in [6.07, 6.45) is 0. The van der Waals surface area contributed by atoms with E-state index in [-0.39, 0.29) is 5.78 Å². The molecule has 0 aliphatic heterocycles. The van der Waals surface area contributed by atoms with Crippen molar-refractivity contribution in [3.63, 3.8) is 0 Å². The van der Waals surface area contributed by atoms with Gasteiger partial charge in [0.1, 0.15) is 0 Å². The first-order chi connectivity index (χ1) is 10.1. The lowest BCUT2D eigenvalue weighted by Crippen LogP contribution is -2.03. The molecule has 0 aromatic heterocycles. The van der Waals surface area contributed by atoms with Crippen molar-refractivity contribution in [3.8, 4) is 0 Å². The van der Waals surface area contributed by atoms with E-state index in [2.05, 4.69) is 31.9 Å². The third-order valence-corrected chi connectivity index (χ3v) is 4.79. The Morgan fingerprint density at radius 2 is 1.52 bits per heavy atom. The van der Waals surface area contributed by atoms with E-state index in [1.165, 1.54) is 0 Å². The number of ketones is 1. The van der Waals surface area contributed by atoms with Crippen molar-refractivity contribution >= 4 is 60.0 Å². The fourth-order valence-electron chi connectivity index (χ4n) is 2.28. The quantitative estimate of drug-likeness (QED) is 0.445. The van der Waals surface area contributed by atoms with Crippen molar-refractivity contribution in [2.45, 2.75) is 0 Å². The van der Waals surface area contributed by atoms with E-state index < -0.39 is 0 Å². The molecule has 0 fully saturated rings. The summed E-state index contributed by atoms with van der Waals surface area (Å²) in [6, 6.07) is 16.8. The molecule has 3 aromatic carbocycles. The van der Waals surface area contributed by atoms with Gasteiger partial charge in [0.05, 0.1) is 5.02 Å². The van der Waals surface area contributed by atoms with Crippen LogP contribution >= 0.6 is 43.5 Å². The van der Waals surface area contributed by atoms with Gasteiger partial charge in [0.15, 0.2) is 5.78 Å². The molecule has 0 amide bonds. The molecule has 0 saturated heterocycles. The van der Waals surface area contributed by atoms with Gasteiger partial charge in [0.25, 0.3) is 0 Å². The van der Waals surface area contributed by atoms with Gasteiger partial charge in [0.2, 0.25) is 0 Å². The van der Waals surface area contributed by atoms with E-state index in [0.717, 1.165) is 19.7 Å². The Morgan fingerprint density at radius 3 is 2.24 bits per heavy atom. The monoisotopic (exact) mass is 422 g/mol. The SMILES string of the molecule is O=C(c1ccc(Br)cc1Cl)c1ccc(Br)c2ccccc12. The maximum absolute atomic E-state index is 12.8.